The maximum atomic E-state index is 12.2. The summed E-state index contributed by atoms with van der Waals surface area (Å²) in [5, 5.41) is 7.27. The third-order valence-electron chi connectivity index (χ3n) is 3.15. The standard InChI is InChI=1S/C18H14N2O2S/c21-17(19-14-7-3-1-4-8-14)13-11-16(23-12-13)18(22)20-15-9-5-2-6-10-15/h1-12H,(H,19,21)(H,20,22). The number of para-hydroxylation sites is 2. The maximum Gasteiger partial charge on any atom is 0.265 e. The number of amides is 2. The zero-order valence-electron chi connectivity index (χ0n) is 12.2. The first kappa shape index (κ1) is 15.0. The summed E-state index contributed by atoms with van der Waals surface area (Å²) in [6.45, 7) is 0. The van der Waals surface area contributed by atoms with Crippen LogP contribution in [-0.2, 0) is 0 Å². The van der Waals surface area contributed by atoms with Gasteiger partial charge in [-0.2, -0.15) is 0 Å². The minimum atomic E-state index is -0.230. The number of thiophene rings is 1. The Bertz CT molecular complexity index is 745. The zero-order chi connectivity index (χ0) is 16.1. The van der Waals surface area contributed by atoms with Crippen molar-refractivity contribution in [3.8, 4) is 0 Å². The van der Waals surface area contributed by atoms with Crippen LogP contribution < -0.4 is 10.6 Å². The smallest absolute Gasteiger partial charge is 0.265 e. The van der Waals surface area contributed by atoms with E-state index in [-0.39, 0.29) is 11.8 Å². The Morgan fingerprint density at radius 1 is 0.739 bits per heavy atom. The van der Waals surface area contributed by atoms with Crippen molar-refractivity contribution in [2.45, 2.75) is 0 Å². The predicted octanol–water partition coefficient (Wildman–Crippen LogP) is 4.25. The molecule has 0 saturated heterocycles. The van der Waals surface area contributed by atoms with Crippen LogP contribution in [0.1, 0.15) is 20.0 Å². The molecule has 5 heteroatoms. The third kappa shape index (κ3) is 3.84. The molecule has 0 aliphatic heterocycles. The third-order valence-corrected chi connectivity index (χ3v) is 4.08. The highest BCUT2D eigenvalue weighted by Crippen LogP contribution is 2.18. The van der Waals surface area contributed by atoms with Gasteiger partial charge in [0, 0.05) is 16.8 Å². The molecule has 0 fully saturated rings. The molecular weight excluding hydrogens is 308 g/mol. The van der Waals surface area contributed by atoms with Gasteiger partial charge in [-0.1, -0.05) is 36.4 Å². The Labute approximate surface area is 137 Å². The summed E-state index contributed by atoms with van der Waals surface area (Å²) >= 11 is 1.24. The summed E-state index contributed by atoms with van der Waals surface area (Å²) < 4.78 is 0. The van der Waals surface area contributed by atoms with E-state index in [1.54, 1.807) is 11.4 Å². The van der Waals surface area contributed by atoms with Crippen LogP contribution in [0.5, 0.6) is 0 Å². The van der Waals surface area contributed by atoms with E-state index in [9.17, 15) is 9.59 Å². The number of hydrogen-bond acceptors (Lipinski definition) is 3. The van der Waals surface area contributed by atoms with Crippen molar-refractivity contribution in [1.29, 1.82) is 0 Å². The quantitative estimate of drug-likeness (QED) is 0.754. The van der Waals surface area contributed by atoms with Gasteiger partial charge in [-0.05, 0) is 30.3 Å². The number of rotatable bonds is 4. The van der Waals surface area contributed by atoms with Crippen molar-refractivity contribution in [2.75, 3.05) is 10.6 Å². The van der Waals surface area contributed by atoms with Crippen LogP contribution in [0.25, 0.3) is 0 Å². The van der Waals surface area contributed by atoms with E-state index in [4.69, 9.17) is 0 Å². The van der Waals surface area contributed by atoms with Crippen LogP contribution in [-0.4, -0.2) is 11.8 Å². The van der Waals surface area contributed by atoms with Crippen molar-refractivity contribution < 1.29 is 9.59 Å². The lowest BCUT2D eigenvalue weighted by atomic mass is 10.2. The normalized spacial score (nSPS) is 10.1. The topological polar surface area (TPSA) is 58.2 Å². The Morgan fingerprint density at radius 3 is 1.83 bits per heavy atom. The van der Waals surface area contributed by atoms with Crippen molar-refractivity contribution >= 4 is 34.5 Å². The molecule has 0 bridgehead atoms. The molecule has 3 rings (SSSR count). The highest BCUT2D eigenvalue weighted by molar-refractivity contribution is 7.12. The summed E-state index contributed by atoms with van der Waals surface area (Å²) in [7, 11) is 0. The molecule has 0 atom stereocenters. The van der Waals surface area contributed by atoms with Gasteiger partial charge in [0.25, 0.3) is 11.8 Å². The van der Waals surface area contributed by atoms with Crippen molar-refractivity contribution in [1.82, 2.24) is 0 Å². The fourth-order valence-corrected chi connectivity index (χ4v) is 2.80. The average molecular weight is 322 g/mol. The lowest BCUT2D eigenvalue weighted by molar-refractivity contribution is 0.102. The molecular formula is C18H14N2O2S. The molecule has 23 heavy (non-hydrogen) atoms. The van der Waals surface area contributed by atoms with E-state index in [1.807, 2.05) is 60.7 Å². The Balaban J connectivity index is 1.68. The highest BCUT2D eigenvalue weighted by atomic mass is 32.1. The van der Waals surface area contributed by atoms with Gasteiger partial charge in [-0.15, -0.1) is 11.3 Å². The Kier molecular flexibility index (Phi) is 4.49. The largest absolute Gasteiger partial charge is 0.322 e. The molecule has 0 saturated carbocycles. The molecule has 2 amide bonds. The van der Waals surface area contributed by atoms with Crippen molar-refractivity contribution in [2.24, 2.45) is 0 Å². The van der Waals surface area contributed by atoms with Gasteiger partial charge in [0.2, 0.25) is 0 Å². The maximum absolute atomic E-state index is 12.2. The van der Waals surface area contributed by atoms with Gasteiger partial charge in [-0.25, -0.2) is 0 Å². The fraction of sp³-hybridized carbons (Fsp3) is 0. The predicted molar refractivity (Wildman–Crippen MR) is 93.1 cm³/mol. The molecule has 1 aromatic heterocycles. The van der Waals surface area contributed by atoms with Crippen LogP contribution in [0.2, 0.25) is 0 Å². The molecule has 4 nitrogen and oxygen atoms in total. The summed E-state index contributed by atoms with van der Waals surface area (Å²) in [4.78, 5) is 24.8. The molecule has 2 aromatic carbocycles. The summed E-state index contributed by atoms with van der Waals surface area (Å²) in [5.41, 5.74) is 1.91. The van der Waals surface area contributed by atoms with Gasteiger partial charge in [0.05, 0.1) is 10.4 Å². The lowest BCUT2D eigenvalue weighted by Crippen LogP contribution is -2.12. The number of anilines is 2. The van der Waals surface area contributed by atoms with E-state index in [0.29, 0.717) is 10.4 Å². The number of nitrogens with one attached hydrogen (secondary N) is 2. The van der Waals surface area contributed by atoms with E-state index < -0.39 is 0 Å². The number of carbonyl (C=O) groups excluding carboxylic acids is 2. The number of carbonyl (C=O) groups is 2. The fourth-order valence-electron chi connectivity index (χ4n) is 2.01. The van der Waals surface area contributed by atoms with Crippen LogP contribution in [0.4, 0.5) is 11.4 Å². The zero-order valence-corrected chi connectivity index (χ0v) is 13.0. The van der Waals surface area contributed by atoms with Crippen LogP contribution in [0, 0.1) is 0 Å². The first-order chi connectivity index (χ1) is 11.2. The second kappa shape index (κ2) is 6.89. The van der Waals surface area contributed by atoms with Crippen LogP contribution in [0.15, 0.2) is 72.1 Å². The molecule has 2 N–H and O–H groups in total. The first-order valence-corrected chi connectivity index (χ1v) is 7.92. The van der Waals surface area contributed by atoms with Gasteiger partial charge in [-0.3, -0.25) is 9.59 Å². The van der Waals surface area contributed by atoms with E-state index in [1.165, 1.54) is 11.3 Å². The minimum Gasteiger partial charge on any atom is -0.322 e. The molecule has 0 radical (unpaired) electrons. The second-order valence-electron chi connectivity index (χ2n) is 4.84. The van der Waals surface area contributed by atoms with E-state index in [0.717, 1.165) is 11.4 Å². The summed E-state index contributed by atoms with van der Waals surface area (Å²) in [6, 6.07) is 20.0. The molecule has 114 valence electrons. The minimum absolute atomic E-state index is 0.222. The Hall–Kier alpha value is -2.92. The van der Waals surface area contributed by atoms with Crippen LogP contribution in [0.3, 0.4) is 0 Å². The molecule has 0 aliphatic carbocycles. The molecule has 0 spiro atoms. The van der Waals surface area contributed by atoms with Gasteiger partial charge in [0.1, 0.15) is 0 Å². The second-order valence-corrected chi connectivity index (χ2v) is 5.75. The van der Waals surface area contributed by atoms with Gasteiger partial charge >= 0.3 is 0 Å². The highest BCUT2D eigenvalue weighted by Gasteiger charge is 2.13. The number of hydrogen-bond donors (Lipinski definition) is 2. The van der Waals surface area contributed by atoms with E-state index in [2.05, 4.69) is 10.6 Å². The van der Waals surface area contributed by atoms with Crippen molar-refractivity contribution in [3.63, 3.8) is 0 Å². The van der Waals surface area contributed by atoms with Crippen LogP contribution >= 0.6 is 11.3 Å². The SMILES string of the molecule is O=C(Nc1ccccc1)c1csc(C(=O)Nc2ccccc2)c1. The lowest BCUT2D eigenvalue weighted by Gasteiger charge is -2.03. The molecule has 3 aromatic rings. The summed E-state index contributed by atoms with van der Waals surface area (Å²) in [5.74, 6) is -0.453. The average Bonchev–Trinajstić information content (AvgIpc) is 3.07. The summed E-state index contributed by atoms with van der Waals surface area (Å²) in [6.07, 6.45) is 0. The van der Waals surface area contributed by atoms with Crippen molar-refractivity contribution in [3.05, 3.63) is 82.6 Å². The van der Waals surface area contributed by atoms with E-state index >= 15 is 0 Å². The monoisotopic (exact) mass is 322 g/mol. The molecule has 0 aliphatic rings. The first-order valence-electron chi connectivity index (χ1n) is 7.04. The molecule has 1 heterocycles. The van der Waals surface area contributed by atoms with Gasteiger partial charge < -0.3 is 10.6 Å². The molecule has 0 unspecified atom stereocenters. The Morgan fingerprint density at radius 2 is 1.26 bits per heavy atom. The number of benzene rings is 2. The van der Waals surface area contributed by atoms with Gasteiger partial charge in [0.15, 0.2) is 0 Å².